The average Bonchev–Trinajstić information content (AvgIpc) is 2.68. The highest BCUT2D eigenvalue weighted by Crippen LogP contribution is 2.12. The Bertz CT molecular complexity index is 601. The van der Waals surface area contributed by atoms with Gasteiger partial charge in [0.2, 0.25) is 0 Å². The Kier molecular flexibility index (Phi) is 3.33. The number of H-pyrrole nitrogens is 1. The Morgan fingerprint density at radius 2 is 2.28 bits per heavy atom. The lowest BCUT2D eigenvalue weighted by Gasteiger charge is -2.20. The van der Waals surface area contributed by atoms with Gasteiger partial charge < -0.3 is 10.4 Å². The summed E-state index contributed by atoms with van der Waals surface area (Å²) in [6.45, 7) is 5.78. The molecule has 0 fully saturated rings. The van der Waals surface area contributed by atoms with Crippen molar-refractivity contribution < 1.29 is 5.11 Å². The first-order chi connectivity index (χ1) is 8.52. The summed E-state index contributed by atoms with van der Waals surface area (Å²) in [7, 11) is 0. The van der Waals surface area contributed by atoms with Crippen molar-refractivity contribution in [1.29, 1.82) is 0 Å². The molecule has 0 aliphatic heterocycles. The van der Waals surface area contributed by atoms with Crippen LogP contribution in [0.1, 0.15) is 19.7 Å². The molecule has 0 saturated carbocycles. The lowest BCUT2D eigenvalue weighted by Crippen LogP contribution is -2.30. The highest BCUT2D eigenvalue weighted by molar-refractivity contribution is 5.50. The lowest BCUT2D eigenvalue weighted by atomic mass is 10.1. The van der Waals surface area contributed by atoms with Crippen LogP contribution in [-0.4, -0.2) is 37.3 Å². The van der Waals surface area contributed by atoms with Crippen LogP contribution in [0.3, 0.4) is 0 Å². The number of aliphatic hydroxyl groups excluding tert-OH is 1. The molecule has 18 heavy (non-hydrogen) atoms. The molecule has 0 aromatic carbocycles. The number of nitrogens with zero attached hydrogens (tertiary/aromatic N) is 3. The molecular weight excluding hydrogens is 234 g/mol. The van der Waals surface area contributed by atoms with Crippen LogP contribution < -0.4 is 11.0 Å². The molecule has 0 aliphatic carbocycles. The van der Waals surface area contributed by atoms with E-state index in [0.717, 1.165) is 0 Å². The molecule has 0 saturated heterocycles. The zero-order chi connectivity index (χ0) is 13.3. The molecule has 0 spiro atoms. The van der Waals surface area contributed by atoms with Crippen molar-refractivity contribution in [2.75, 3.05) is 11.9 Å². The van der Waals surface area contributed by atoms with Gasteiger partial charge in [0, 0.05) is 6.07 Å². The number of rotatable bonds is 4. The molecule has 1 unspecified atom stereocenters. The minimum atomic E-state index is -0.302. The summed E-state index contributed by atoms with van der Waals surface area (Å²) < 4.78 is 1.40. The first-order valence-electron chi connectivity index (χ1n) is 5.85. The summed E-state index contributed by atoms with van der Waals surface area (Å²) in [6.07, 6.45) is 0. The Hall–Kier alpha value is -1.89. The molecule has 2 rings (SSSR count). The van der Waals surface area contributed by atoms with E-state index in [0.29, 0.717) is 17.3 Å². The van der Waals surface area contributed by atoms with Gasteiger partial charge in [0.05, 0.1) is 12.6 Å². The summed E-state index contributed by atoms with van der Waals surface area (Å²) in [4.78, 5) is 15.7. The molecule has 2 aromatic heterocycles. The number of hydrogen-bond donors (Lipinski definition) is 3. The van der Waals surface area contributed by atoms with Crippen LogP contribution >= 0.6 is 0 Å². The van der Waals surface area contributed by atoms with Gasteiger partial charge >= 0.3 is 5.69 Å². The quantitative estimate of drug-likeness (QED) is 0.719. The van der Waals surface area contributed by atoms with E-state index >= 15 is 0 Å². The number of anilines is 1. The lowest BCUT2D eigenvalue weighted by molar-refractivity contribution is 0.249. The fourth-order valence-corrected chi connectivity index (χ4v) is 1.78. The maximum Gasteiger partial charge on any atom is 0.349 e. The number of fused-ring (bicyclic) bond motifs is 1. The van der Waals surface area contributed by atoms with Crippen LogP contribution in [0.25, 0.3) is 5.65 Å². The van der Waals surface area contributed by atoms with E-state index in [1.54, 1.807) is 13.0 Å². The second-order valence-corrected chi connectivity index (χ2v) is 4.59. The normalized spacial score (nSPS) is 13.2. The van der Waals surface area contributed by atoms with Gasteiger partial charge in [0.25, 0.3) is 0 Å². The molecule has 2 heterocycles. The van der Waals surface area contributed by atoms with Crippen molar-refractivity contribution in [3.8, 4) is 0 Å². The van der Waals surface area contributed by atoms with Gasteiger partial charge in [0.15, 0.2) is 5.65 Å². The van der Waals surface area contributed by atoms with Crippen LogP contribution in [0.15, 0.2) is 10.9 Å². The minimum Gasteiger partial charge on any atom is -0.394 e. The van der Waals surface area contributed by atoms with Crippen molar-refractivity contribution in [3.05, 3.63) is 22.4 Å². The van der Waals surface area contributed by atoms with E-state index in [9.17, 15) is 9.90 Å². The standard InChI is InChI=1S/C11H17N5O2/c1-6(2)8(5-17)13-9-4-10-14-15-11(18)16(10)7(3)12-9/h4,6,8,13,17H,5H2,1-3H3,(H,15,18). The van der Waals surface area contributed by atoms with E-state index in [4.69, 9.17) is 0 Å². The van der Waals surface area contributed by atoms with E-state index in [2.05, 4.69) is 20.5 Å². The van der Waals surface area contributed by atoms with Gasteiger partial charge in [-0.15, -0.1) is 0 Å². The predicted octanol–water partition coefficient (Wildman–Crippen LogP) is 0.155. The number of nitrogens with one attached hydrogen (secondary N) is 2. The van der Waals surface area contributed by atoms with Gasteiger partial charge in [-0.2, -0.15) is 5.10 Å². The Balaban J connectivity index is 2.38. The Morgan fingerprint density at radius 1 is 1.56 bits per heavy atom. The monoisotopic (exact) mass is 251 g/mol. The minimum absolute atomic E-state index is 0.0247. The molecule has 3 N–H and O–H groups in total. The molecule has 1 atom stereocenters. The summed E-state index contributed by atoms with van der Waals surface area (Å²) in [5, 5.41) is 18.7. The molecule has 98 valence electrons. The summed E-state index contributed by atoms with van der Waals surface area (Å²) >= 11 is 0. The SMILES string of the molecule is Cc1nc(NC(CO)C(C)C)cc2n[nH]c(=O)n12. The number of hydrogen-bond acceptors (Lipinski definition) is 5. The third-order valence-corrected chi connectivity index (χ3v) is 2.90. The summed E-state index contributed by atoms with van der Waals surface area (Å²) in [5.74, 6) is 1.43. The van der Waals surface area contributed by atoms with Gasteiger partial charge in [-0.1, -0.05) is 13.8 Å². The number of aliphatic hydroxyl groups is 1. The van der Waals surface area contributed by atoms with Crippen molar-refractivity contribution in [2.45, 2.75) is 26.8 Å². The third-order valence-electron chi connectivity index (χ3n) is 2.90. The number of aromatic amines is 1. The molecule has 7 heteroatoms. The zero-order valence-corrected chi connectivity index (χ0v) is 10.6. The molecule has 0 aliphatic rings. The van der Waals surface area contributed by atoms with Crippen LogP contribution in [0.5, 0.6) is 0 Å². The molecular formula is C11H17N5O2. The highest BCUT2D eigenvalue weighted by Gasteiger charge is 2.14. The molecule has 0 bridgehead atoms. The maximum absolute atomic E-state index is 11.4. The summed E-state index contributed by atoms with van der Waals surface area (Å²) in [5.41, 5.74) is 0.208. The van der Waals surface area contributed by atoms with Crippen molar-refractivity contribution in [2.24, 2.45) is 5.92 Å². The fourth-order valence-electron chi connectivity index (χ4n) is 1.78. The average molecular weight is 251 g/mol. The second kappa shape index (κ2) is 4.77. The van der Waals surface area contributed by atoms with Gasteiger partial charge in [-0.25, -0.2) is 19.3 Å². The van der Waals surface area contributed by atoms with Crippen molar-refractivity contribution in [1.82, 2.24) is 19.6 Å². The topological polar surface area (TPSA) is 95.3 Å². The molecule has 7 nitrogen and oxygen atoms in total. The number of aromatic nitrogens is 4. The maximum atomic E-state index is 11.4. The van der Waals surface area contributed by atoms with Crippen LogP contribution in [-0.2, 0) is 0 Å². The number of aryl methyl sites for hydroxylation is 1. The smallest absolute Gasteiger partial charge is 0.349 e. The summed E-state index contributed by atoms with van der Waals surface area (Å²) in [6, 6.07) is 1.60. The largest absolute Gasteiger partial charge is 0.394 e. The van der Waals surface area contributed by atoms with E-state index in [-0.39, 0.29) is 24.3 Å². The van der Waals surface area contributed by atoms with E-state index in [1.165, 1.54) is 4.40 Å². The van der Waals surface area contributed by atoms with Crippen molar-refractivity contribution in [3.63, 3.8) is 0 Å². The van der Waals surface area contributed by atoms with Crippen LogP contribution in [0.4, 0.5) is 5.82 Å². The fraction of sp³-hybridized carbons (Fsp3) is 0.545. The molecule has 0 amide bonds. The van der Waals surface area contributed by atoms with Gasteiger partial charge in [-0.3, -0.25) is 0 Å². The van der Waals surface area contributed by atoms with Gasteiger partial charge in [0.1, 0.15) is 11.6 Å². The third kappa shape index (κ3) is 2.21. The zero-order valence-electron chi connectivity index (χ0n) is 10.6. The molecule has 0 radical (unpaired) electrons. The second-order valence-electron chi connectivity index (χ2n) is 4.59. The molecule has 2 aromatic rings. The van der Waals surface area contributed by atoms with Crippen LogP contribution in [0, 0.1) is 12.8 Å². The van der Waals surface area contributed by atoms with Crippen LogP contribution in [0.2, 0.25) is 0 Å². The van der Waals surface area contributed by atoms with Crippen molar-refractivity contribution >= 4 is 11.5 Å². The predicted molar refractivity (Wildman–Crippen MR) is 67.7 cm³/mol. The Morgan fingerprint density at radius 3 is 2.89 bits per heavy atom. The highest BCUT2D eigenvalue weighted by atomic mass is 16.3. The van der Waals surface area contributed by atoms with E-state index < -0.39 is 0 Å². The van der Waals surface area contributed by atoms with E-state index in [1.807, 2.05) is 13.8 Å². The first-order valence-corrected chi connectivity index (χ1v) is 5.85. The first kappa shape index (κ1) is 12.6. The van der Waals surface area contributed by atoms with Gasteiger partial charge in [-0.05, 0) is 12.8 Å². The Labute approximate surface area is 104 Å².